The lowest BCUT2D eigenvalue weighted by Crippen LogP contribution is -2.38. The lowest BCUT2D eigenvalue weighted by Gasteiger charge is -2.31. The van der Waals surface area contributed by atoms with Crippen LogP contribution in [-0.4, -0.2) is 31.1 Å². The summed E-state index contributed by atoms with van der Waals surface area (Å²) in [4.78, 5) is 2.61. The van der Waals surface area contributed by atoms with Crippen molar-refractivity contribution >= 4 is 0 Å². The molecule has 0 aromatic heterocycles. The van der Waals surface area contributed by atoms with Crippen molar-refractivity contribution in [1.29, 1.82) is 0 Å². The molecule has 0 bridgehead atoms. The van der Waals surface area contributed by atoms with E-state index in [0.717, 1.165) is 24.4 Å². The molecule has 0 radical (unpaired) electrons. The average molecular weight is 238 g/mol. The summed E-state index contributed by atoms with van der Waals surface area (Å²) in [5, 5.41) is 0. The first kappa shape index (κ1) is 13.4. The van der Waals surface area contributed by atoms with Crippen LogP contribution in [0.4, 0.5) is 0 Å². The second kappa shape index (κ2) is 6.75. The van der Waals surface area contributed by atoms with E-state index in [-0.39, 0.29) is 0 Å². The maximum atomic E-state index is 5.87. The van der Waals surface area contributed by atoms with Gasteiger partial charge in [0.25, 0.3) is 0 Å². The van der Waals surface area contributed by atoms with Crippen LogP contribution >= 0.6 is 0 Å². The standard InChI is InChI=1S/C15H30N2/c1-17(15-9-5-8-14(15)12-16)11-10-13-6-3-2-4-7-13/h13-15H,2-12,16H2,1H3. The molecule has 2 heteroatoms. The lowest BCUT2D eigenvalue weighted by atomic mass is 9.87. The van der Waals surface area contributed by atoms with Crippen LogP contribution < -0.4 is 5.73 Å². The predicted molar refractivity (Wildman–Crippen MR) is 74.0 cm³/mol. The van der Waals surface area contributed by atoms with Crippen LogP contribution in [0.3, 0.4) is 0 Å². The van der Waals surface area contributed by atoms with Crippen molar-refractivity contribution in [2.75, 3.05) is 20.1 Å². The molecule has 2 nitrogen and oxygen atoms in total. The van der Waals surface area contributed by atoms with Crippen LogP contribution in [0, 0.1) is 11.8 Å². The van der Waals surface area contributed by atoms with Crippen LogP contribution in [0.2, 0.25) is 0 Å². The molecule has 0 heterocycles. The van der Waals surface area contributed by atoms with E-state index in [0.29, 0.717) is 0 Å². The summed E-state index contributed by atoms with van der Waals surface area (Å²) in [6.07, 6.45) is 12.9. The summed E-state index contributed by atoms with van der Waals surface area (Å²) in [5.74, 6) is 1.79. The Bertz CT molecular complexity index is 211. The highest BCUT2D eigenvalue weighted by Gasteiger charge is 2.29. The van der Waals surface area contributed by atoms with Gasteiger partial charge >= 0.3 is 0 Å². The van der Waals surface area contributed by atoms with E-state index in [1.807, 2.05) is 0 Å². The van der Waals surface area contributed by atoms with Gasteiger partial charge in [-0.15, -0.1) is 0 Å². The van der Waals surface area contributed by atoms with Crippen molar-refractivity contribution in [3.63, 3.8) is 0 Å². The Morgan fingerprint density at radius 2 is 1.76 bits per heavy atom. The summed E-state index contributed by atoms with van der Waals surface area (Å²) in [5.41, 5.74) is 5.87. The highest BCUT2D eigenvalue weighted by molar-refractivity contribution is 4.85. The van der Waals surface area contributed by atoms with Crippen LogP contribution in [0.1, 0.15) is 57.8 Å². The minimum Gasteiger partial charge on any atom is -0.330 e. The SMILES string of the molecule is CN(CCC1CCCCC1)C1CCCC1CN. The molecule has 2 fully saturated rings. The number of hydrogen-bond acceptors (Lipinski definition) is 2. The zero-order chi connectivity index (χ0) is 12.1. The molecule has 0 amide bonds. The molecule has 2 N–H and O–H groups in total. The van der Waals surface area contributed by atoms with Crippen molar-refractivity contribution in [2.45, 2.75) is 63.8 Å². The summed E-state index contributed by atoms with van der Waals surface area (Å²) >= 11 is 0. The van der Waals surface area contributed by atoms with E-state index in [1.54, 1.807) is 0 Å². The third-order valence-corrected chi connectivity index (χ3v) is 5.10. The topological polar surface area (TPSA) is 29.3 Å². The lowest BCUT2D eigenvalue weighted by molar-refractivity contribution is 0.179. The number of nitrogens with zero attached hydrogens (tertiary/aromatic N) is 1. The zero-order valence-corrected chi connectivity index (χ0v) is 11.5. The first-order chi connectivity index (χ1) is 8.31. The van der Waals surface area contributed by atoms with E-state index in [1.165, 1.54) is 64.3 Å². The van der Waals surface area contributed by atoms with Gasteiger partial charge < -0.3 is 10.6 Å². The van der Waals surface area contributed by atoms with Gasteiger partial charge in [-0.1, -0.05) is 38.5 Å². The van der Waals surface area contributed by atoms with Crippen LogP contribution in [0.5, 0.6) is 0 Å². The van der Waals surface area contributed by atoms with Gasteiger partial charge in [-0.3, -0.25) is 0 Å². The largest absolute Gasteiger partial charge is 0.330 e. The molecule has 0 spiro atoms. The van der Waals surface area contributed by atoms with Crippen molar-refractivity contribution in [2.24, 2.45) is 17.6 Å². The monoisotopic (exact) mass is 238 g/mol. The fourth-order valence-corrected chi connectivity index (χ4v) is 3.90. The Hall–Kier alpha value is -0.0800. The summed E-state index contributed by atoms with van der Waals surface area (Å²) in [7, 11) is 2.32. The van der Waals surface area contributed by atoms with Gasteiger partial charge in [-0.05, 0) is 51.2 Å². The maximum Gasteiger partial charge on any atom is 0.0132 e. The quantitative estimate of drug-likeness (QED) is 0.798. The molecular weight excluding hydrogens is 208 g/mol. The fraction of sp³-hybridized carbons (Fsp3) is 1.00. The number of hydrogen-bond donors (Lipinski definition) is 1. The van der Waals surface area contributed by atoms with Crippen LogP contribution in [0.15, 0.2) is 0 Å². The Balaban J connectivity index is 1.70. The van der Waals surface area contributed by atoms with E-state index >= 15 is 0 Å². The number of nitrogens with two attached hydrogens (primary N) is 1. The third kappa shape index (κ3) is 3.69. The predicted octanol–water partition coefficient (Wildman–Crippen LogP) is 3.02. The molecule has 0 aromatic rings. The Labute approximate surface area is 107 Å². The van der Waals surface area contributed by atoms with Gasteiger partial charge in [0.05, 0.1) is 0 Å². The van der Waals surface area contributed by atoms with Crippen molar-refractivity contribution in [3.05, 3.63) is 0 Å². The maximum absolute atomic E-state index is 5.87. The second-order valence-corrected chi connectivity index (χ2v) is 6.27. The van der Waals surface area contributed by atoms with Crippen LogP contribution in [-0.2, 0) is 0 Å². The summed E-state index contributed by atoms with van der Waals surface area (Å²) < 4.78 is 0. The molecule has 2 saturated carbocycles. The van der Waals surface area contributed by atoms with Gasteiger partial charge in [0.1, 0.15) is 0 Å². The molecule has 17 heavy (non-hydrogen) atoms. The normalized spacial score (nSPS) is 31.2. The fourth-order valence-electron chi connectivity index (χ4n) is 3.90. The molecule has 2 unspecified atom stereocenters. The highest BCUT2D eigenvalue weighted by Crippen LogP contribution is 2.30. The van der Waals surface area contributed by atoms with Crippen molar-refractivity contribution in [1.82, 2.24) is 4.90 Å². The first-order valence-corrected chi connectivity index (χ1v) is 7.71. The van der Waals surface area contributed by atoms with E-state index < -0.39 is 0 Å². The smallest absolute Gasteiger partial charge is 0.0132 e. The van der Waals surface area contributed by atoms with Gasteiger partial charge in [0.2, 0.25) is 0 Å². The van der Waals surface area contributed by atoms with Crippen molar-refractivity contribution in [3.8, 4) is 0 Å². The zero-order valence-electron chi connectivity index (χ0n) is 11.5. The Morgan fingerprint density at radius 3 is 2.47 bits per heavy atom. The molecule has 0 saturated heterocycles. The Morgan fingerprint density at radius 1 is 1.00 bits per heavy atom. The van der Waals surface area contributed by atoms with Crippen molar-refractivity contribution < 1.29 is 0 Å². The molecule has 2 rings (SSSR count). The molecule has 0 aliphatic heterocycles. The Kier molecular flexibility index (Phi) is 5.30. The molecule has 2 aliphatic rings. The van der Waals surface area contributed by atoms with E-state index in [9.17, 15) is 0 Å². The first-order valence-electron chi connectivity index (χ1n) is 7.71. The summed E-state index contributed by atoms with van der Waals surface area (Å²) in [6.45, 7) is 2.18. The van der Waals surface area contributed by atoms with Gasteiger partial charge in [0.15, 0.2) is 0 Å². The van der Waals surface area contributed by atoms with Crippen LogP contribution in [0.25, 0.3) is 0 Å². The van der Waals surface area contributed by atoms with Gasteiger partial charge in [-0.2, -0.15) is 0 Å². The minimum absolute atomic E-state index is 0.770. The molecule has 2 atom stereocenters. The van der Waals surface area contributed by atoms with Gasteiger partial charge in [0, 0.05) is 6.04 Å². The molecule has 2 aliphatic carbocycles. The highest BCUT2D eigenvalue weighted by atomic mass is 15.1. The van der Waals surface area contributed by atoms with Gasteiger partial charge in [-0.25, -0.2) is 0 Å². The minimum atomic E-state index is 0.770. The summed E-state index contributed by atoms with van der Waals surface area (Å²) in [6, 6.07) is 0.781. The molecule has 0 aromatic carbocycles. The third-order valence-electron chi connectivity index (χ3n) is 5.10. The van der Waals surface area contributed by atoms with E-state index in [4.69, 9.17) is 5.73 Å². The molecule has 100 valence electrons. The molecular formula is C15H30N2. The second-order valence-electron chi connectivity index (χ2n) is 6.27. The average Bonchev–Trinajstić information content (AvgIpc) is 2.85. The number of rotatable bonds is 5. The van der Waals surface area contributed by atoms with E-state index in [2.05, 4.69) is 11.9 Å².